The molecule has 2 aromatic rings. The molecular weight excluding hydrogens is 394 g/mol. The van der Waals surface area contributed by atoms with Crippen LogP contribution in [0.4, 0.5) is 11.4 Å². The zero-order valence-electron chi connectivity index (χ0n) is 18.2. The average Bonchev–Trinajstić information content (AvgIpc) is 3.29. The van der Waals surface area contributed by atoms with Crippen LogP contribution in [0, 0.1) is 0 Å². The van der Waals surface area contributed by atoms with Crippen LogP contribution in [0.2, 0.25) is 0 Å². The van der Waals surface area contributed by atoms with Crippen LogP contribution in [0.1, 0.15) is 24.8 Å². The number of rotatable bonds is 10. The molecule has 1 fully saturated rings. The minimum atomic E-state index is -0.142. The van der Waals surface area contributed by atoms with Gasteiger partial charge in [-0.1, -0.05) is 18.2 Å². The van der Waals surface area contributed by atoms with Gasteiger partial charge in [0.15, 0.2) is 0 Å². The molecule has 1 saturated heterocycles. The molecule has 1 heterocycles. The fraction of sp³-hybridized carbons (Fsp3) is 0.417. The van der Waals surface area contributed by atoms with Crippen molar-refractivity contribution in [1.29, 1.82) is 0 Å². The van der Waals surface area contributed by atoms with Crippen molar-refractivity contribution < 1.29 is 19.1 Å². The molecule has 2 N–H and O–H groups in total. The fourth-order valence-corrected chi connectivity index (χ4v) is 3.28. The second-order valence-corrected chi connectivity index (χ2v) is 7.86. The lowest BCUT2D eigenvalue weighted by atomic mass is 10.1. The van der Waals surface area contributed by atoms with Crippen molar-refractivity contribution in [2.75, 3.05) is 44.5 Å². The summed E-state index contributed by atoms with van der Waals surface area (Å²) >= 11 is 0. The number of anilines is 2. The number of aryl methyl sites for hydroxylation is 1. The Morgan fingerprint density at radius 3 is 2.65 bits per heavy atom. The van der Waals surface area contributed by atoms with Gasteiger partial charge in [0, 0.05) is 44.6 Å². The highest BCUT2D eigenvalue weighted by Crippen LogP contribution is 2.20. The van der Waals surface area contributed by atoms with E-state index in [1.54, 1.807) is 19.0 Å². The molecule has 7 heteroatoms. The summed E-state index contributed by atoms with van der Waals surface area (Å²) in [4.78, 5) is 25.6. The molecule has 166 valence electrons. The van der Waals surface area contributed by atoms with Gasteiger partial charge >= 0.3 is 0 Å². The highest BCUT2D eigenvalue weighted by atomic mass is 16.5. The molecular formula is C24H31N3O4. The monoisotopic (exact) mass is 425 g/mol. The molecule has 1 aliphatic heterocycles. The Hall–Kier alpha value is -3.06. The van der Waals surface area contributed by atoms with Crippen LogP contribution in [0.5, 0.6) is 5.75 Å². The number of nitrogens with one attached hydrogen (secondary N) is 2. The topological polar surface area (TPSA) is 79.9 Å². The number of benzene rings is 2. The smallest absolute Gasteiger partial charge is 0.243 e. The molecule has 31 heavy (non-hydrogen) atoms. The van der Waals surface area contributed by atoms with E-state index in [0.29, 0.717) is 30.9 Å². The molecule has 0 radical (unpaired) electrons. The largest absolute Gasteiger partial charge is 0.491 e. The third kappa shape index (κ3) is 7.61. The summed E-state index contributed by atoms with van der Waals surface area (Å²) in [6.07, 6.45) is 3.44. The van der Waals surface area contributed by atoms with E-state index in [0.717, 1.165) is 30.7 Å². The molecule has 3 rings (SSSR count). The SMILES string of the molecule is CN(C)C(=O)CCc1ccc(NCC(=O)Nc2cccc(OCC3CCCO3)c2)cc1. The predicted octanol–water partition coefficient (Wildman–Crippen LogP) is 3.32. The summed E-state index contributed by atoms with van der Waals surface area (Å²) in [6, 6.07) is 15.2. The second kappa shape index (κ2) is 11.4. The summed E-state index contributed by atoms with van der Waals surface area (Å²) in [5.74, 6) is 0.682. The van der Waals surface area contributed by atoms with Crippen molar-refractivity contribution in [3.63, 3.8) is 0 Å². The minimum absolute atomic E-state index is 0.111. The molecule has 2 aromatic carbocycles. The highest BCUT2D eigenvalue weighted by molar-refractivity contribution is 5.93. The lowest BCUT2D eigenvalue weighted by molar-refractivity contribution is -0.128. The maximum atomic E-state index is 12.3. The number of hydrogen-bond acceptors (Lipinski definition) is 5. The van der Waals surface area contributed by atoms with Crippen LogP contribution < -0.4 is 15.4 Å². The summed E-state index contributed by atoms with van der Waals surface area (Å²) in [5.41, 5.74) is 2.63. The fourth-order valence-electron chi connectivity index (χ4n) is 3.28. The normalized spacial score (nSPS) is 15.4. The van der Waals surface area contributed by atoms with Crippen LogP contribution in [0.3, 0.4) is 0 Å². The Morgan fingerprint density at radius 1 is 1.13 bits per heavy atom. The third-order valence-corrected chi connectivity index (χ3v) is 5.11. The zero-order chi connectivity index (χ0) is 22.1. The Balaban J connectivity index is 1.41. The van der Waals surface area contributed by atoms with Gasteiger partial charge < -0.3 is 25.0 Å². The van der Waals surface area contributed by atoms with Gasteiger partial charge in [0.25, 0.3) is 0 Å². The molecule has 0 aliphatic carbocycles. The van der Waals surface area contributed by atoms with Crippen molar-refractivity contribution in [3.8, 4) is 5.75 Å². The van der Waals surface area contributed by atoms with Crippen molar-refractivity contribution in [2.24, 2.45) is 0 Å². The van der Waals surface area contributed by atoms with Crippen molar-refractivity contribution in [2.45, 2.75) is 31.8 Å². The van der Waals surface area contributed by atoms with Crippen LogP contribution in [-0.2, 0) is 20.7 Å². The van der Waals surface area contributed by atoms with E-state index in [4.69, 9.17) is 9.47 Å². The Kier molecular flexibility index (Phi) is 8.29. The first kappa shape index (κ1) is 22.6. The van der Waals surface area contributed by atoms with E-state index in [9.17, 15) is 9.59 Å². The quantitative estimate of drug-likeness (QED) is 0.611. The summed E-state index contributed by atoms with van der Waals surface area (Å²) < 4.78 is 11.3. The van der Waals surface area contributed by atoms with Gasteiger partial charge in [-0.05, 0) is 49.1 Å². The van der Waals surface area contributed by atoms with Crippen LogP contribution in [-0.4, -0.2) is 56.7 Å². The molecule has 0 saturated carbocycles. The second-order valence-electron chi connectivity index (χ2n) is 7.86. The van der Waals surface area contributed by atoms with Gasteiger partial charge in [0.2, 0.25) is 11.8 Å². The number of hydrogen-bond donors (Lipinski definition) is 2. The molecule has 1 unspecified atom stereocenters. The zero-order valence-corrected chi connectivity index (χ0v) is 18.2. The van der Waals surface area contributed by atoms with Crippen LogP contribution in [0.15, 0.2) is 48.5 Å². The lowest BCUT2D eigenvalue weighted by Gasteiger charge is -2.13. The molecule has 0 bridgehead atoms. The van der Waals surface area contributed by atoms with Crippen LogP contribution in [0.25, 0.3) is 0 Å². The van der Waals surface area contributed by atoms with Crippen molar-refractivity contribution >= 4 is 23.2 Å². The van der Waals surface area contributed by atoms with Gasteiger partial charge in [-0.3, -0.25) is 9.59 Å². The number of carbonyl (C=O) groups is 2. The van der Waals surface area contributed by atoms with Gasteiger partial charge in [0.05, 0.1) is 12.6 Å². The van der Waals surface area contributed by atoms with E-state index in [1.807, 2.05) is 48.5 Å². The van der Waals surface area contributed by atoms with E-state index in [2.05, 4.69) is 10.6 Å². The summed E-state index contributed by atoms with van der Waals surface area (Å²) in [7, 11) is 3.52. The standard InChI is InChI=1S/C24H31N3O4/c1-27(2)24(29)13-10-18-8-11-19(12-9-18)25-16-23(28)26-20-5-3-6-21(15-20)31-17-22-7-4-14-30-22/h3,5-6,8-9,11-12,15,22,25H,4,7,10,13-14,16-17H2,1-2H3,(H,26,28). The van der Waals surface area contributed by atoms with Crippen molar-refractivity contribution in [3.05, 3.63) is 54.1 Å². The number of carbonyl (C=O) groups excluding carboxylic acids is 2. The molecule has 2 amide bonds. The molecule has 0 aromatic heterocycles. The Bertz CT molecular complexity index is 861. The molecule has 1 aliphatic rings. The maximum Gasteiger partial charge on any atom is 0.243 e. The van der Waals surface area contributed by atoms with Gasteiger partial charge in [0.1, 0.15) is 12.4 Å². The molecule has 0 spiro atoms. The maximum absolute atomic E-state index is 12.3. The number of ether oxygens (including phenoxy) is 2. The van der Waals surface area contributed by atoms with Gasteiger partial charge in [-0.25, -0.2) is 0 Å². The minimum Gasteiger partial charge on any atom is -0.491 e. The number of nitrogens with zero attached hydrogens (tertiary/aromatic N) is 1. The van der Waals surface area contributed by atoms with E-state index in [-0.39, 0.29) is 24.5 Å². The average molecular weight is 426 g/mol. The van der Waals surface area contributed by atoms with Gasteiger partial charge in [-0.2, -0.15) is 0 Å². The first-order valence-electron chi connectivity index (χ1n) is 10.7. The number of amides is 2. The first-order chi connectivity index (χ1) is 15.0. The predicted molar refractivity (Wildman–Crippen MR) is 121 cm³/mol. The lowest BCUT2D eigenvalue weighted by Crippen LogP contribution is -2.22. The highest BCUT2D eigenvalue weighted by Gasteiger charge is 2.16. The van der Waals surface area contributed by atoms with Crippen LogP contribution >= 0.6 is 0 Å². The summed E-state index contributed by atoms with van der Waals surface area (Å²) in [6.45, 7) is 1.48. The molecule has 7 nitrogen and oxygen atoms in total. The van der Waals surface area contributed by atoms with Gasteiger partial charge in [-0.15, -0.1) is 0 Å². The first-order valence-corrected chi connectivity index (χ1v) is 10.7. The summed E-state index contributed by atoms with van der Waals surface area (Å²) in [5, 5.41) is 6.00. The van der Waals surface area contributed by atoms with Crippen molar-refractivity contribution in [1.82, 2.24) is 4.90 Å². The molecule has 1 atom stereocenters. The third-order valence-electron chi connectivity index (χ3n) is 5.11. The van der Waals surface area contributed by atoms with E-state index >= 15 is 0 Å². The Morgan fingerprint density at radius 2 is 1.94 bits per heavy atom. The van der Waals surface area contributed by atoms with E-state index < -0.39 is 0 Å². The Labute approximate surface area is 183 Å². The van der Waals surface area contributed by atoms with E-state index in [1.165, 1.54) is 0 Å².